The Bertz CT molecular complexity index is 1540. The van der Waals surface area contributed by atoms with E-state index in [4.69, 9.17) is 16.3 Å². The molecule has 2 aromatic heterocycles. The number of nitrogens with zero attached hydrogens (tertiary/aromatic N) is 3. The van der Waals surface area contributed by atoms with Crippen LogP contribution in [0.2, 0.25) is 5.02 Å². The Kier molecular flexibility index (Phi) is 3.89. The fourth-order valence-electron chi connectivity index (χ4n) is 3.59. The Morgan fingerprint density at radius 1 is 0.897 bits per heavy atom. The van der Waals surface area contributed by atoms with Gasteiger partial charge in [0.1, 0.15) is 11.3 Å². The molecule has 29 heavy (non-hydrogen) atoms. The number of aromatic nitrogens is 3. The molecule has 2 heterocycles. The fourth-order valence-corrected chi connectivity index (χ4v) is 3.72. The van der Waals surface area contributed by atoms with Crippen LogP contribution < -0.4 is 15.7 Å². The lowest BCUT2D eigenvalue weighted by Crippen LogP contribution is -2.29. The highest BCUT2D eigenvalue weighted by Gasteiger charge is 2.19. The number of para-hydroxylation sites is 2. The molecule has 6 nitrogen and oxygen atoms in total. The molecule has 0 aliphatic carbocycles. The SMILES string of the molecule is COc1cccc2c(=O)c3nc4ccccc4c(=O)n3n(-c3ccc(Cl)cc3)c12. The second-order valence-corrected chi connectivity index (χ2v) is 6.98. The van der Waals surface area contributed by atoms with Crippen LogP contribution >= 0.6 is 11.6 Å². The van der Waals surface area contributed by atoms with Crippen molar-refractivity contribution >= 4 is 39.1 Å². The molecule has 0 atom stereocenters. The minimum atomic E-state index is -0.342. The van der Waals surface area contributed by atoms with Gasteiger partial charge in [0.2, 0.25) is 11.1 Å². The van der Waals surface area contributed by atoms with Crippen LogP contribution in [0.4, 0.5) is 0 Å². The maximum Gasteiger partial charge on any atom is 0.281 e. The van der Waals surface area contributed by atoms with E-state index in [0.717, 1.165) is 0 Å². The Morgan fingerprint density at radius 3 is 2.38 bits per heavy atom. The summed E-state index contributed by atoms with van der Waals surface area (Å²) in [7, 11) is 1.52. The number of hydrogen-bond donors (Lipinski definition) is 0. The van der Waals surface area contributed by atoms with Crippen molar-refractivity contribution in [2.75, 3.05) is 7.11 Å². The minimum Gasteiger partial charge on any atom is -0.494 e. The summed E-state index contributed by atoms with van der Waals surface area (Å²) in [5, 5.41) is 1.38. The summed E-state index contributed by atoms with van der Waals surface area (Å²) < 4.78 is 8.48. The van der Waals surface area contributed by atoms with Crippen LogP contribution in [0.25, 0.3) is 33.1 Å². The third-order valence-corrected chi connectivity index (χ3v) is 5.16. The summed E-state index contributed by atoms with van der Waals surface area (Å²) in [6, 6.07) is 19.2. The first-order valence-corrected chi connectivity index (χ1v) is 9.27. The largest absolute Gasteiger partial charge is 0.494 e. The highest BCUT2D eigenvalue weighted by atomic mass is 35.5. The van der Waals surface area contributed by atoms with E-state index in [1.54, 1.807) is 71.4 Å². The number of rotatable bonds is 2. The van der Waals surface area contributed by atoms with Crippen molar-refractivity contribution in [2.45, 2.75) is 0 Å². The molecule has 142 valence electrons. The van der Waals surface area contributed by atoms with Crippen LogP contribution in [0.5, 0.6) is 5.75 Å². The number of hydrogen-bond acceptors (Lipinski definition) is 4. The van der Waals surface area contributed by atoms with Gasteiger partial charge < -0.3 is 4.74 Å². The fraction of sp³-hybridized carbons (Fsp3) is 0.0455. The van der Waals surface area contributed by atoms with Crippen molar-refractivity contribution in [2.24, 2.45) is 0 Å². The van der Waals surface area contributed by atoms with E-state index in [1.165, 1.54) is 11.6 Å². The van der Waals surface area contributed by atoms with Crippen LogP contribution in [0.15, 0.2) is 76.3 Å². The monoisotopic (exact) mass is 403 g/mol. The van der Waals surface area contributed by atoms with Gasteiger partial charge in [-0.2, -0.15) is 4.52 Å². The molecular formula is C22H14ClN3O3. The van der Waals surface area contributed by atoms with Crippen LogP contribution in [0.3, 0.4) is 0 Å². The molecule has 0 aliphatic rings. The molecule has 0 saturated heterocycles. The molecule has 0 aliphatic heterocycles. The van der Waals surface area contributed by atoms with Crippen LogP contribution in [-0.2, 0) is 0 Å². The average molecular weight is 404 g/mol. The Labute approximate surface area is 169 Å². The molecule has 0 spiro atoms. The maximum absolute atomic E-state index is 13.4. The molecule has 0 bridgehead atoms. The van der Waals surface area contributed by atoms with Gasteiger partial charge in [-0.3, -0.25) is 9.59 Å². The smallest absolute Gasteiger partial charge is 0.281 e. The van der Waals surface area contributed by atoms with Crippen molar-refractivity contribution in [3.05, 3.63) is 92.3 Å². The zero-order valence-electron chi connectivity index (χ0n) is 15.3. The predicted octanol–water partition coefficient (Wildman–Crippen LogP) is 3.81. The quantitative estimate of drug-likeness (QED) is 0.420. The van der Waals surface area contributed by atoms with Gasteiger partial charge in [-0.1, -0.05) is 29.8 Å². The minimum absolute atomic E-state index is 0.0457. The summed E-state index contributed by atoms with van der Waals surface area (Å²) in [4.78, 5) is 31.2. The van der Waals surface area contributed by atoms with Gasteiger partial charge in [-0.25, -0.2) is 9.67 Å². The summed E-state index contributed by atoms with van der Waals surface area (Å²) >= 11 is 6.06. The number of methoxy groups -OCH3 is 1. The highest BCUT2D eigenvalue weighted by Crippen LogP contribution is 2.27. The Hall–Kier alpha value is -3.64. The van der Waals surface area contributed by atoms with Crippen molar-refractivity contribution in [3.63, 3.8) is 0 Å². The van der Waals surface area contributed by atoms with E-state index in [2.05, 4.69) is 4.98 Å². The third kappa shape index (κ3) is 2.53. The molecule has 7 heteroatoms. The van der Waals surface area contributed by atoms with Crippen LogP contribution in [0.1, 0.15) is 0 Å². The first kappa shape index (κ1) is 17.5. The molecule has 0 amide bonds. The standard InChI is InChI=1S/C22H14ClN3O3/c1-29-18-8-4-6-16-19(18)25(14-11-9-13(23)10-12-14)26-21(20(16)27)24-17-7-3-2-5-15(17)22(26)28/h2-12H,1H3. The van der Waals surface area contributed by atoms with E-state index in [-0.39, 0.29) is 16.6 Å². The zero-order chi connectivity index (χ0) is 20.1. The summed E-state index contributed by atoms with van der Waals surface area (Å²) in [6.07, 6.45) is 0. The molecular weight excluding hydrogens is 390 g/mol. The van der Waals surface area contributed by atoms with Crippen molar-refractivity contribution in [1.82, 2.24) is 14.2 Å². The molecule has 0 saturated carbocycles. The van der Waals surface area contributed by atoms with Crippen LogP contribution in [0, 0.1) is 0 Å². The summed E-state index contributed by atoms with van der Waals surface area (Å²) in [5.41, 5.74) is 0.961. The third-order valence-electron chi connectivity index (χ3n) is 4.90. The van der Waals surface area contributed by atoms with Gasteiger partial charge in [-0.05, 0) is 48.5 Å². The second-order valence-electron chi connectivity index (χ2n) is 6.54. The van der Waals surface area contributed by atoms with E-state index < -0.39 is 0 Å². The second kappa shape index (κ2) is 6.46. The molecule has 0 unspecified atom stereocenters. The van der Waals surface area contributed by atoms with Crippen molar-refractivity contribution < 1.29 is 4.74 Å². The van der Waals surface area contributed by atoms with E-state index >= 15 is 0 Å². The van der Waals surface area contributed by atoms with Gasteiger partial charge in [0.25, 0.3) is 5.56 Å². The van der Waals surface area contributed by atoms with E-state index in [9.17, 15) is 9.59 Å². The summed E-state index contributed by atoms with van der Waals surface area (Å²) in [5.74, 6) is 0.469. The Balaban J connectivity index is 2.14. The molecule has 0 fully saturated rings. The molecule has 5 aromatic rings. The molecule has 5 rings (SSSR count). The zero-order valence-corrected chi connectivity index (χ0v) is 16.1. The van der Waals surface area contributed by atoms with Gasteiger partial charge in [0.15, 0.2) is 0 Å². The first-order valence-electron chi connectivity index (χ1n) is 8.89. The molecule has 3 aromatic carbocycles. The predicted molar refractivity (Wildman–Crippen MR) is 114 cm³/mol. The number of ether oxygens (including phenoxy) is 1. The lowest BCUT2D eigenvalue weighted by Gasteiger charge is -2.18. The maximum atomic E-state index is 13.4. The lowest BCUT2D eigenvalue weighted by molar-refractivity contribution is 0.417. The highest BCUT2D eigenvalue weighted by molar-refractivity contribution is 6.30. The van der Waals surface area contributed by atoms with Crippen molar-refractivity contribution in [1.29, 1.82) is 0 Å². The summed E-state index contributed by atoms with van der Waals surface area (Å²) in [6.45, 7) is 0. The normalized spacial score (nSPS) is 11.4. The Morgan fingerprint density at radius 2 is 1.62 bits per heavy atom. The molecule has 0 N–H and O–H groups in total. The number of benzene rings is 3. The van der Waals surface area contributed by atoms with Gasteiger partial charge in [-0.15, -0.1) is 0 Å². The average Bonchev–Trinajstić information content (AvgIpc) is 2.75. The number of halogens is 1. The number of fused-ring (bicyclic) bond motifs is 3. The van der Waals surface area contributed by atoms with E-state index in [1.807, 2.05) is 0 Å². The lowest BCUT2D eigenvalue weighted by atomic mass is 10.2. The van der Waals surface area contributed by atoms with Gasteiger partial charge in [0, 0.05) is 5.02 Å². The van der Waals surface area contributed by atoms with E-state index in [0.29, 0.717) is 38.3 Å². The van der Waals surface area contributed by atoms with Crippen LogP contribution in [-0.4, -0.2) is 21.3 Å². The first-order chi connectivity index (χ1) is 14.1. The van der Waals surface area contributed by atoms with Gasteiger partial charge >= 0.3 is 0 Å². The van der Waals surface area contributed by atoms with Crippen molar-refractivity contribution in [3.8, 4) is 11.4 Å². The molecule has 0 radical (unpaired) electrons. The topological polar surface area (TPSA) is 65.6 Å². The van der Waals surface area contributed by atoms with Gasteiger partial charge in [0.05, 0.1) is 29.1 Å².